The van der Waals surface area contributed by atoms with E-state index < -0.39 is 0 Å². The number of aromatic nitrogens is 3. The Balaban J connectivity index is 1.76. The number of nitrogens with one attached hydrogen (secondary N) is 1. The molecule has 7 heteroatoms. The Hall–Kier alpha value is -3.48. The van der Waals surface area contributed by atoms with Gasteiger partial charge in [0.2, 0.25) is 0 Å². The number of halogens is 1. The highest BCUT2D eigenvalue weighted by atomic mass is 19.1. The first-order valence-electron chi connectivity index (χ1n) is 8.88. The van der Waals surface area contributed by atoms with Gasteiger partial charge in [-0.2, -0.15) is 5.10 Å². The van der Waals surface area contributed by atoms with Crippen LogP contribution in [0.25, 0.3) is 22.5 Å². The van der Waals surface area contributed by atoms with Crippen LogP contribution in [0, 0.1) is 12.7 Å². The Kier molecular flexibility index (Phi) is 4.43. The molecule has 3 heterocycles. The number of furan rings is 1. The molecule has 0 bridgehead atoms. The molecule has 3 aromatic heterocycles. The van der Waals surface area contributed by atoms with Gasteiger partial charge in [0.25, 0.3) is 5.91 Å². The smallest absolute Gasteiger partial charge is 0.252 e. The van der Waals surface area contributed by atoms with Crippen LogP contribution in [0.5, 0.6) is 0 Å². The third-order valence-corrected chi connectivity index (χ3v) is 4.70. The third-order valence-electron chi connectivity index (χ3n) is 4.70. The fraction of sp³-hybridized carbons (Fsp3) is 0.190. The maximum Gasteiger partial charge on any atom is 0.252 e. The van der Waals surface area contributed by atoms with E-state index in [-0.39, 0.29) is 17.8 Å². The number of carbonyl (C=O) groups is 1. The standard InChI is InChI=1S/C21H19FN4O2/c1-12(14-6-8-15(22)9-7-14)23-21(27)16-11-17(18-5-4-10-28-18)24-20-19(16)13(2)25-26(20)3/h4-12H,1-3H3,(H,23,27). The van der Waals surface area contributed by atoms with Gasteiger partial charge in [0, 0.05) is 7.05 Å². The topological polar surface area (TPSA) is 73.0 Å². The van der Waals surface area contributed by atoms with Gasteiger partial charge in [-0.1, -0.05) is 12.1 Å². The van der Waals surface area contributed by atoms with Crippen molar-refractivity contribution in [3.8, 4) is 11.5 Å². The van der Waals surface area contributed by atoms with Crippen LogP contribution in [-0.4, -0.2) is 20.7 Å². The summed E-state index contributed by atoms with van der Waals surface area (Å²) in [4.78, 5) is 17.7. The lowest BCUT2D eigenvalue weighted by molar-refractivity contribution is 0.0941. The fourth-order valence-electron chi connectivity index (χ4n) is 3.28. The molecule has 0 fully saturated rings. The first-order chi connectivity index (χ1) is 13.4. The van der Waals surface area contributed by atoms with E-state index in [1.54, 1.807) is 48.3 Å². The van der Waals surface area contributed by atoms with E-state index in [2.05, 4.69) is 15.4 Å². The van der Waals surface area contributed by atoms with Gasteiger partial charge in [-0.3, -0.25) is 9.48 Å². The van der Waals surface area contributed by atoms with Crippen molar-refractivity contribution in [3.63, 3.8) is 0 Å². The SMILES string of the molecule is Cc1nn(C)c2nc(-c3ccco3)cc(C(=O)NC(C)c3ccc(F)cc3)c12. The van der Waals surface area contributed by atoms with Gasteiger partial charge in [-0.25, -0.2) is 9.37 Å². The number of nitrogens with zero attached hydrogens (tertiary/aromatic N) is 3. The highest BCUT2D eigenvalue weighted by molar-refractivity contribution is 6.07. The van der Waals surface area contributed by atoms with Crippen molar-refractivity contribution in [3.05, 3.63) is 71.4 Å². The quantitative estimate of drug-likeness (QED) is 0.579. The maximum absolute atomic E-state index is 13.2. The van der Waals surface area contributed by atoms with Crippen molar-refractivity contribution in [2.75, 3.05) is 0 Å². The predicted molar refractivity (Wildman–Crippen MR) is 103 cm³/mol. The van der Waals surface area contributed by atoms with Crippen LogP contribution in [-0.2, 0) is 7.05 Å². The van der Waals surface area contributed by atoms with E-state index in [1.165, 1.54) is 12.1 Å². The fourth-order valence-corrected chi connectivity index (χ4v) is 3.28. The molecular formula is C21H19FN4O2. The van der Waals surface area contributed by atoms with Crippen molar-refractivity contribution in [1.29, 1.82) is 0 Å². The lowest BCUT2D eigenvalue weighted by Crippen LogP contribution is -2.27. The van der Waals surface area contributed by atoms with Crippen molar-refractivity contribution < 1.29 is 13.6 Å². The van der Waals surface area contributed by atoms with Gasteiger partial charge in [-0.15, -0.1) is 0 Å². The second-order valence-electron chi connectivity index (χ2n) is 6.69. The Bertz CT molecular complexity index is 1150. The minimum Gasteiger partial charge on any atom is -0.463 e. The largest absolute Gasteiger partial charge is 0.463 e. The molecule has 1 unspecified atom stereocenters. The number of rotatable bonds is 4. The zero-order valence-corrected chi connectivity index (χ0v) is 15.7. The summed E-state index contributed by atoms with van der Waals surface area (Å²) in [6.07, 6.45) is 1.56. The number of fused-ring (bicyclic) bond motifs is 1. The second-order valence-corrected chi connectivity index (χ2v) is 6.69. The predicted octanol–water partition coefficient (Wildman–Crippen LogP) is 4.17. The lowest BCUT2D eigenvalue weighted by Gasteiger charge is -2.15. The molecule has 28 heavy (non-hydrogen) atoms. The summed E-state index contributed by atoms with van der Waals surface area (Å²) >= 11 is 0. The average molecular weight is 378 g/mol. The van der Waals surface area contributed by atoms with Crippen LogP contribution < -0.4 is 5.32 Å². The number of hydrogen-bond acceptors (Lipinski definition) is 4. The van der Waals surface area contributed by atoms with Gasteiger partial charge in [0.1, 0.15) is 11.5 Å². The molecule has 1 amide bonds. The van der Waals surface area contributed by atoms with Gasteiger partial charge in [-0.05, 0) is 49.7 Å². The molecule has 4 rings (SSSR count). The normalized spacial score (nSPS) is 12.3. The zero-order chi connectivity index (χ0) is 19.8. The van der Waals surface area contributed by atoms with E-state index in [9.17, 15) is 9.18 Å². The summed E-state index contributed by atoms with van der Waals surface area (Å²) in [5.74, 6) is 0.00158. The minimum atomic E-state index is -0.313. The zero-order valence-electron chi connectivity index (χ0n) is 15.7. The number of benzene rings is 1. The Morgan fingerprint density at radius 1 is 1.25 bits per heavy atom. The minimum absolute atomic E-state index is 0.256. The van der Waals surface area contributed by atoms with E-state index >= 15 is 0 Å². The summed E-state index contributed by atoms with van der Waals surface area (Å²) in [5.41, 5.74) is 3.16. The van der Waals surface area contributed by atoms with Gasteiger partial charge < -0.3 is 9.73 Å². The van der Waals surface area contributed by atoms with E-state index in [0.717, 1.165) is 11.3 Å². The Morgan fingerprint density at radius 2 is 2.00 bits per heavy atom. The van der Waals surface area contributed by atoms with E-state index in [0.29, 0.717) is 28.1 Å². The Morgan fingerprint density at radius 3 is 2.68 bits per heavy atom. The first kappa shape index (κ1) is 17.9. The number of aryl methyl sites for hydroxylation is 2. The number of hydrogen-bond donors (Lipinski definition) is 1. The molecule has 0 radical (unpaired) electrons. The van der Waals surface area contributed by atoms with Crippen LogP contribution in [0.4, 0.5) is 4.39 Å². The highest BCUT2D eigenvalue weighted by Gasteiger charge is 2.21. The van der Waals surface area contributed by atoms with Gasteiger partial charge in [0.05, 0.1) is 28.9 Å². The average Bonchev–Trinajstić information content (AvgIpc) is 3.30. The van der Waals surface area contributed by atoms with Gasteiger partial charge >= 0.3 is 0 Å². The molecule has 1 N–H and O–H groups in total. The molecule has 0 saturated carbocycles. The molecule has 4 aromatic rings. The highest BCUT2D eigenvalue weighted by Crippen LogP contribution is 2.27. The van der Waals surface area contributed by atoms with Crippen LogP contribution in [0.3, 0.4) is 0 Å². The molecule has 0 aliphatic carbocycles. The summed E-state index contributed by atoms with van der Waals surface area (Å²) in [5, 5.41) is 8.08. The number of pyridine rings is 1. The summed E-state index contributed by atoms with van der Waals surface area (Å²) < 4.78 is 20.3. The van der Waals surface area contributed by atoms with Crippen molar-refractivity contribution >= 4 is 16.9 Å². The molecule has 142 valence electrons. The molecule has 1 atom stereocenters. The monoisotopic (exact) mass is 378 g/mol. The summed E-state index contributed by atoms with van der Waals surface area (Å²) in [6, 6.07) is 11.1. The van der Waals surface area contributed by atoms with E-state index in [4.69, 9.17) is 4.42 Å². The molecule has 0 spiro atoms. The molecule has 0 aliphatic rings. The Labute approximate surface area is 161 Å². The second kappa shape index (κ2) is 6.92. The van der Waals surface area contributed by atoms with Gasteiger partial charge in [0.15, 0.2) is 11.4 Å². The molecule has 6 nitrogen and oxygen atoms in total. The van der Waals surface area contributed by atoms with Crippen LogP contribution in [0.15, 0.2) is 53.1 Å². The number of amides is 1. The molecule has 1 aromatic carbocycles. The number of carbonyl (C=O) groups excluding carboxylic acids is 1. The van der Waals surface area contributed by atoms with Crippen molar-refractivity contribution in [2.45, 2.75) is 19.9 Å². The van der Waals surface area contributed by atoms with Crippen molar-refractivity contribution in [1.82, 2.24) is 20.1 Å². The summed E-state index contributed by atoms with van der Waals surface area (Å²) in [7, 11) is 1.79. The molecule has 0 saturated heterocycles. The lowest BCUT2D eigenvalue weighted by atomic mass is 10.1. The first-order valence-corrected chi connectivity index (χ1v) is 8.88. The van der Waals surface area contributed by atoms with Crippen LogP contribution in [0.2, 0.25) is 0 Å². The van der Waals surface area contributed by atoms with Crippen LogP contribution >= 0.6 is 0 Å². The molecular weight excluding hydrogens is 359 g/mol. The summed E-state index contributed by atoms with van der Waals surface area (Å²) in [6.45, 7) is 3.70. The van der Waals surface area contributed by atoms with Crippen molar-refractivity contribution in [2.24, 2.45) is 7.05 Å². The third kappa shape index (κ3) is 3.15. The molecule has 0 aliphatic heterocycles. The van der Waals surface area contributed by atoms with E-state index in [1.807, 2.05) is 13.8 Å². The van der Waals surface area contributed by atoms with Crippen LogP contribution in [0.1, 0.15) is 34.6 Å². The maximum atomic E-state index is 13.2.